The van der Waals surface area contributed by atoms with Gasteiger partial charge in [0.05, 0.1) is 4.90 Å². The maximum atomic E-state index is 12.2. The predicted molar refractivity (Wildman–Crippen MR) is 72.4 cm³/mol. The van der Waals surface area contributed by atoms with Gasteiger partial charge in [-0.2, -0.15) is 0 Å². The lowest BCUT2D eigenvalue weighted by atomic mass is 10.2. The van der Waals surface area contributed by atoms with E-state index in [-0.39, 0.29) is 0 Å². The normalized spacial score (nSPS) is 12.1. The average Bonchev–Trinajstić information content (AvgIpc) is 2.30. The molecule has 0 spiro atoms. The number of sulfonamides is 1. The first kappa shape index (κ1) is 14.6. The highest BCUT2D eigenvalue weighted by Gasteiger charge is 2.22. The summed E-state index contributed by atoms with van der Waals surface area (Å²) in [5.41, 5.74) is 0.943. The summed E-state index contributed by atoms with van der Waals surface area (Å²) in [7, 11) is 0.00182. The van der Waals surface area contributed by atoms with Crippen molar-refractivity contribution >= 4 is 26.0 Å². The standard InChI is InChI=1S/C11H17BrN2O2S/c1-4-14(3)17(15,16)11-7-9(8-13-2)5-6-10(11)12/h5-7,13H,4,8H2,1-3H3. The highest BCUT2D eigenvalue weighted by Crippen LogP contribution is 2.25. The van der Waals surface area contributed by atoms with Gasteiger partial charge in [0.2, 0.25) is 10.0 Å². The van der Waals surface area contributed by atoms with Crippen molar-refractivity contribution in [3.05, 3.63) is 28.2 Å². The highest BCUT2D eigenvalue weighted by molar-refractivity contribution is 9.10. The molecule has 96 valence electrons. The van der Waals surface area contributed by atoms with Gasteiger partial charge >= 0.3 is 0 Å². The molecule has 0 aliphatic carbocycles. The molecule has 0 radical (unpaired) electrons. The van der Waals surface area contributed by atoms with Crippen LogP contribution in [0.25, 0.3) is 0 Å². The molecule has 0 amide bonds. The van der Waals surface area contributed by atoms with E-state index < -0.39 is 10.0 Å². The van der Waals surface area contributed by atoms with Gasteiger partial charge in [-0.15, -0.1) is 0 Å². The van der Waals surface area contributed by atoms with Crippen LogP contribution in [0.1, 0.15) is 12.5 Å². The number of rotatable bonds is 5. The third-order valence-electron chi connectivity index (χ3n) is 2.51. The molecule has 0 heterocycles. The van der Waals surface area contributed by atoms with Crippen molar-refractivity contribution in [1.29, 1.82) is 0 Å². The van der Waals surface area contributed by atoms with Gasteiger partial charge in [-0.3, -0.25) is 0 Å². The number of benzene rings is 1. The summed E-state index contributed by atoms with van der Waals surface area (Å²) in [5.74, 6) is 0. The fourth-order valence-corrected chi connectivity index (χ4v) is 3.55. The SMILES string of the molecule is CCN(C)S(=O)(=O)c1cc(CNC)ccc1Br. The Labute approximate surface area is 111 Å². The molecular formula is C11H17BrN2O2S. The Balaban J connectivity index is 3.25. The van der Waals surface area contributed by atoms with Gasteiger partial charge in [0.1, 0.15) is 0 Å². The van der Waals surface area contributed by atoms with Crippen molar-refractivity contribution in [2.75, 3.05) is 20.6 Å². The first-order valence-electron chi connectivity index (χ1n) is 5.32. The molecule has 0 unspecified atom stereocenters. The molecule has 17 heavy (non-hydrogen) atoms. The topological polar surface area (TPSA) is 49.4 Å². The zero-order valence-electron chi connectivity index (χ0n) is 10.2. The second kappa shape index (κ2) is 5.95. The van der Waals surface area contributed by atoms with E-state index in [4.69, 9.17) is 0 Å². The molecule has 0 saturated heterocycles. The van der Waals surface area contributed by atoms with Crippen molar-refractivity contribution in [3.63, 3.8) is 0 Å². The molecule has 0 aliphatic heterocycles. The fraction of sp³-hybridized carbons (Fsp3) is 0.455. The van der Waals surface area contributed by atoms with Crippen molar-refractivity contribution in [1.82, 2.24) is 9.62 Å². The summed E-state index contributed by atoms with van der Waals surface area (Å²) < 4.78 is 26.4. The van der Waals surface area contributed by atoms with E-state index in [0.29, 0.717) is 22.5 Å². The Hall–Kier alpha value is -0.430. The first-order valence-corrected chi connectivity index (χ1v) is 7.56. The first-order chi connectivity index (χ1) is 7.93. The molecular weight excluding hydrogens is 304 g/mol. The molecule has 0 atom stereocenters. The molecule has 6 heteroatoms. The largest absolute Gasteiger partial charge is 0.316 e. The Morgan fingerprint density at radius 1 is 1.41 bits per heavy atom. The summed E-state index contributed by atoms with van der Waals surface area (Å²) in [6.45, 7) is 2.90. The lowest BCUT2D eigenvalue weighted by molar-refractivity contribution is 0.486. The lowest BCUT2D eigenvalue weighted by Crippen LogP contribution is -2.27. The van der Waals surface area contributed by atoms with E-state index in [1.54, 1.807) is 19.2 Å². The molecule has 0 bridgehead atoms. The summed E-state index contributed by atoms with van der Waals surface area (Å²) in [6.07, 6.45) is 0. The molecule has 0 aromatic heterocycles. The minimum absolute atomic E-state index is 0.314. The zero-order valence-corrected chi connectivity index (χ0v) is 12.6. The van der Waals surface area contributed by atoms with E-state index in [1.165, 1.54) is 4.31 Å². The van der Waals surface area contributed by atoms with Crippen LogP contribution in [0.4, 0.5) is 0 Å². The highest BCUT2D eigenvalue weighted by atomic mass is 79.9. The van der Waals surface area contributed by atoms with Gasteiger partial charge in [-0.1, -0.05) is 13.0 Å². The third-order valence-corrected chi connectivity index (χ3v) is 5.44. The van der Waals surface area contributed by atoms with E-state index in [2.05, 4.69) is 21.2 Å². The monoisotopic (exact) mass is 320 g/mol. The van der Waals surface area contributed by atoms with Crippen LogP contribution in [-0.4, -0.2) is 33.4 Å². The van der Waals surface area contributed by atoms with Gasteiger partial charge in [-0.25, -0.2) is 12.7 Å². The van der Waals surface area contributed by atoms with Crippen molar-refractivity contribution < 1.29 is 8.42 Å². The average molecular weight is 321 g/mol. The second-order valence-electron chi connectivity index (χ2n) is 3.71. The number of hydrogen-bond acceptors (Lipinski definition) is 3. The lowest BCUT2D eigenvalue weighted by Gasteiger charge is -2.16. The van der Waals surface area contributed by atoms with Crippen molar-refractivity contribution in [2.24, 2.45) is 0 Å². The van der Waals surface area contributed by atoms with Crippen LogP contribution in [0.15, 0.2) is 27.6 Å². The Morgan fingerprint density at radius 3 is 2.59 bits per heavy atom. The molecule has 1 N–H and O–H groups in total. The van der Waals surface area contributed by atoms with E-state index >= 15 is 0 Å². The molecule has 0 aliphatic rings. The molecule has 0 fully saturated rings. The third kappa shape index (κ3) is 3.28. The predicted octanol–water partition coefficient (Wildman–Crippen LogP) is 1.81. The summed E-state index contributed by atoms with van der Waals surface area (Å²) >= 11 is 3.29. The van der Waals surface area contributed by atoms with E-state index in [9.17, 15) is 8.42 Å². The molecule has 1 aromatic rings. The van der Waals surface area contributed by atoms with Gasteiger partial charge in [0.15, 0.2) is 0 Å². The quantitative estimate of drug-likeness (QED) is 0.900. The number of nitrogens with one attached hydrogen (secondary N) is 1. The Morgan fingerprint density at radius 2 is 2.06 bits per heavy atom. The minimum Gasteiger partial charge on any atom is -0.316 e. The summed E-state index contributed by atoms with van der Waals surface area (Å²) in [4.78, 5) is 0.314. The summed E-state index contributed by atoms with van der Waals surface area (Å²) in [5, 5.41) is 3.00. The number of nitrogens with zero attached hydrogens (tertiary/aromatic N) is 1. The van der Waals surface area contributed by atoms with Crippen LogP contribution in [0.2, 0.25) is 0 Å². The van der Waals surface area contributed by atoms with Gasteiger partial charge in [0.25, 0.3) is 0 Å². The maximum Gasteiger partial charge on any atom is 0.243 e. The van der Waals surface area contributed by atoms with Crippen LogP contribution in [0, 0.1) is 0 Å². The summed E-state index contributed by atoms with van der Waals surface area (Å²) in [6, 6.07) is 5.36. The van der Waals surface area contributed by atoms with Crippen LogP contribution < -0.4 is 5.32 Å². The van der Waals surface area contributed by atoms with Gasteiger partial charge in [0, 0.05) is 24.6 Å². The Kier molecular flexibility index (Phi) is 5.12. The van der Waals surface area contributed by atoms with Crippen LogP contribution >= 0.6 is 15.9 Å². The van der Waals surface area contributed by atoms with E-state index in [1.807, 2.05) is 20.0 Å². The molecule has 0 saturated carbocycles. The molecule has 4 nitrogen and oxygen atoms in total. The minimum atomic E-state index is -3.40. The van der Waals surface area contributed by atoms with Crippen LogP contribution in [-0.2, 0) is 16.6 Å². The van der Waals surface area contributed by atoms with Crippen molar-refractivity contribution in [2.45, 2.75) is 18.4 Å². The number of halogens is 1. The number of hydrogen-bond donors (Lipinski definition) is 1. The van der Waals surface area contributed by atoms with Crippen LogP contribution in [0.5, 0.6) is 0 Å². The maximum absolute atomic E-state index is 12.2. The van der Waals surface area contributed by atoms with E-state index in [0.717, 1.165) is 5.56 Å². The molecule has 1 rings (SSSR count). The second-order valence-corrected chi connectivity index (χ2v) is 6.58. The zero-order chi connectivity index (χ0) is 13.1. The Bertz CT molecular complexity index is 488. The van der Waals surface area contributed by atoms with Crippen molar-refractivity contribution in [3.8, 4) is 0 Å². The van der Waals surface area contributed by atoms with Gasteiger partial charge in [-0.05, 0) is 40.7 Å². The fourth-order valence-electron chi connectivity index (χ4n) is 1.40. The van der Waals surface area contributed by atoms with Gasteiger partial charge < -0.3 is 5.32 Å². The molecule has 1 aromatic carbocycles. The van der Waals surface area contributed by atoms with Crippen LogP contribution in [0.3, 0.4) is 0 Å². The smallest absolute Gasteiger partial charge is 0.243 e.